The van der Waals surface area contributed by atoms with Crippen LogP contribution >= 0.6 is 11.8 Å². The van der Waals surface area contributed by atoms with E-state index in [2.05, 4.69) is 0 Å². The van der Waals surface area contributed by atoms with Crippen LogP contribution in [0.3, 0.4) is 0 Å². The Labute approximate surface area is 46.7 Å². The number of rotatable bonds is 1. The van der Waals surface area contributed by atoms with Gasteiger partial charge in [-0.05, 0) is 18.7 Å². The summed E-state index contributed by atoms with van der Waals surface area (Å²) in [7, 11) is 0. The summed E-state index contributed by atoms with van der Waals surface area (Å²) < 4.78 is 0. The van der Waals surface area contributed by atoms with E-state index in [1.165, 1.54) is 0 Å². The first-order valence-corrected chi connectivity index (χ1v) is 2.63. The molecule has 3 heteroatoms. The Morgan fingerprint density at radius 1 is 1.57 bits per heavy atom. The maximum atomic E-state index is 8.04. The van der Waals surface area contributed by atoms with E-state index in [1.54, 1.807) is 6.92 Å². The fourth-order valence-electron chi connectivity index (χ4n) is 0.105. The standard InChI is InChI=1S/C4H4N2S/c1-4(2-5)7-3-6/h4H,1H3. The number of nitrogens with zero attached hydrogens (tertiary/aromatic N) is 2. The fraction of sp³-hybridized carbons (Fsp3) is 0.500. The summed E-state index contributed by atoms with van der Waals surface area (Å²) in [5.74, 6) is 0. The molecule has 0 amide bonds. The van der Waals surface area contributed by atoms with Crippen LogP contribution in [0.25, 0.3) is 0 Å². The summed E-state index contributed by atoms with van der Waals surface area (Å²) in [6.07, 6.45) is 0. The zero-order valence-corrected chi connectivity index (χ0v) is 4.70. The Balaban J connectivity index is 3.27. The second-order valence-electron chi connectivity index (χ2n) is 0.980. The molecule has 0 bridgehead atoms. The quantitative estimate of drug-likeness (QED) is 0.477. The largest absolute Gasteiger partial charge is 0.197 e. The molecular formula is C4H4N2S. The number of thioether (sulfide) groups is 1. The second kappa shape index (κ2) is 3.52. The third-order valence-electron chi connectivity index (χ3n) is 0.411. The molecule has 0 N–H and O–H groups in total. The minimum Gasteiger partial charge on any atom is -0.197 e. The van der Waals surface area contributed by atoms with Crippen LogP contribution in [-0.2, 0) is 0 Å². The molecule has 0 aromatic rings. The smallest absolute Gasteiger partial charge is 0.134 e. The van der Waals surface area contributed by atoms with Gasteiger partial charge in [0.1, 0.15) is 10.7 Å². The molecule has 0 saturated carbocycles. The molecule has 0 aliphatic rings. The van der Waals surface area contributed by atoms with E-state index in [4.69, 9.17) is 10.5 Å². The van der Waals surface area contributed by atoms with Crippen molar-refractivity contribution in [3.63, 3.8) is 0 Å². The molecule has 1 atom stereocenters. The van der Waals surface area contributed by atoms with E-state index in [0.29, 0.717) is 0 Å². The minimum absolute atomic E-state index is 0.190. The first-order chi connectivity index (χ1) is 3.31. The van der Waals surface area contributed by atoms with Crippen LogP contribution in [0, 0.1) is 22.0 Å². The molecule has 0 saturated heterocycles. The lowest BCUT2D eigenvalue weighted by Gasteiger charge is -1.84. The summed E-state index contributed by atoms with van der Waals surface area (Å²) in [5, 5.41) is 17.6. The van der Waals surface area contributed by atoms with Crippen molar-refractivity contribution >= 4 is 11.8 Å². The number of hydrogen-bond acceptors (Lipinski definition) is 3. The van der Waals surface area contributed by atoms with Crippen LogP contribution in [0.15, 0.2) is 0 Å². The monoisotopic (exact) mass is 112 g/mol. The minimum atomic E-state index is -0.190. The van der Waals surface area contributed by atoms with Gasteiger partial charge in [-0.1, -0.05) is 0 Å². The summed E-state index contributed by atoms with van der Waals surface area (Å²) >= 11 is 0.976. The van der Waals surface area contributed by atoms with Crippen LogP contribution in [0.5, 0.6) is 0 Å². The summed E-state index contributed by atoms with van der Waals surface area (Å²) in [5.41, 5.74) is 0. The van der Waals surface area contributed by atoms with Crippen LogP contribution in [0.2, 0.25) is 0 Å². The molecule has 0 aromatic heterocycles. The Morgan fingerprint density at radius 3 is 2.29 bits per heavy atom. The van der Waals surface area contributed by atoms with Gasteiger partial charge >= 0.3 is 0 Å². The molecule has 36 valence electrons. The maximum Gasteiger partial charge on any atom is 0.134 e. The van der Waals surface area contributed by atoms with Gasteiger partial charge in [-0.2, -0.15) is 10.5 Å². The van der Waals surface area contributed by atoms with Gasteiger partial charge in [0.05, 0.1) is 6.07 Å². The highest BCUT2D eigenvalue weighted by atomic mass is 32.2. The molecule has 0 aliphatic carbocycles. The molecule has 2 nitrogen and oxygen atoms in total. The van der Waals surface area contributed by atoms with Gasteiger partial charge in [0.15, 0.2) is 0 Å². The van der Waals surface area contributed by atoms with Crippen molar-refractivity contribution in [3.8, 4) is 11.5 Å². The van der Waals surface area contributed by atoms with Crippen LogP contribution in [-0.4, -0.2) is 5.25 Å². The number of hydrogen-bond donors (Lipinski definition) is 0. The molecule has 0 heterocycles. The number of nitriles is 2. The van der Waals surface area contributed by atoms with E-state index >= 15 is 0 Å². The molecular weight excluding hydrogens is 108 g/mol. The van der Waals surface area contributed by atoms with Crippen LogP contribution < -0.4 is 0 Å². The highest BCUT2D eigenvalue weighted by Gasteiger charge is 1.94. The zero-order chi connectivity index (χ0) is 5.70. The predicted octanol–water partition coefficient (Wildman–Crippen LogP) is 1.11. The molecule has 0 radical (unpaired) electrons. The van der Waals surface area contributed by atoms with Gasteiger partial charge < -0.3 is 0 Å². The first-order valence-electron chi connectivity index (χ1n) is 1.75. The topological polar surface area (TPSA) is 47.6 Å². The van der Waals surface area contributed by atoms with Crippen molar-refractivity contribution in [2.75, 3.05) is 0 Å². The zero-order valence-electron chi connectivity index (χ0n) is 3.88. The van der Waals surface area contributed by atoms with Crippen molar-refractivity contribution in [2.45, 2.75) is 12.2 Å². The molecule has 7 heavy (non-hydrogen) atoms. The lowest BCUT2D eigenvalue weighted by atomic mass is 10.5. The Hall–Kier alpha value is -0.670. The van der Waals surface area contributed by atoms with E-state index in [9.17, 15) is 0 Å². The average molecular weight is 112 g/mol. The predicted molar refractivity (Wildman–Crippen MR) is 28.3 cm³/mol. The molecule has 0 aliphatic heterocycles. The van der Waals surface area contributed by atoms with Crippen molar-refractivity contribution in [1.82, 2.24) is 0 Å². The van der Waals surface area contributed by atoms with Gasteiger partial charge in [0.25, 0.3) is 0 Å². The molecule has 0 aromatic carbocycles. The van der Waals surface area contributed by atoms with E-state index < -0.39 is 0 Å². The molecule has 1 unspecified atom stereocenters. The third-order valence-corrected chi connectivity index (χ3v) is 0.976. The summed E-state index contributed by atoms with van der Waals surface area (Å²) in [6.45, 7) is 1.69. The van der Waals surface area contributed by atoms with E-state index in [-0.39, 0.29) is 5.25 Å². The molecule has 0 spiro atoms. The van der Waals surface area contributed by atoms with Crippen molar-refractivity contribution < 1.29 is 0 Å². The van der Waals surface area contributed by atoms with Gasteiger partial charge in [0.2, 0.25) is 0 Å². The van der Waals surface area contributed by atoms with E-state index in [0.717, 1.165) is 11.8 Å². The Kier molecular flexibility index (Phi) is 3.18. The Bertz CT molecular complexity index is 119. The van der Waals surface area contributed by atoms with Crippen molar-refractivity contribution in [1.29, 1.82) is 10.5 Å². The first kappa shape index (κ1) is 6.33. The lowest BCUT2D eigenvalue weighted by Crippen LogP contribution is -1.84. The van der Waals surface area contributed by atoms with Crippen LogP contribution in [0.4, 0.5) is 0 Å². The van der Waals surface area contributed by atoms with Gasteiger partial charge in [-0.15, -0.1) is 0 Å². The SMILES string of the molecule is CC(C#N)SC#N. The normalized spacial score (nSPS) is 11.3. The van der Waals surface area contributed by atoms with Gasteiger partial charge in [-0.25, -0.2) is 0 Å². The van der Waals surface area contributed by atoms with Crippen molar-refractivity contribution in [3.05, 3.63) is 0 Å². The van der Waals surface area contributed by atoms with Crippen LogP contribution in [0.1, 0.15) is 6.92 Å². The van der Waals surface area contributed by atoms with Gasteiger partial charge in [0, 0.05) is 0 Å². The third kappa shape index (κ3) is 3.15. The number of thiocyanates is 1. The van der Waals surface area contributed by atoms with Gasteiger partial charge in [-0.3, -0.25) is 0 Å². The average Bonchev–Trinajstić information content (AvgIpc) is 1.68. The highest BCUT2D eigenvalue weighted by Crippen LogP contribution is 2.04. The fourth-order valence-corrected chi connectivity index (χ4v) is 0.316. The van der Waals surface area contributed by atoms with E-state index in [1.807, 2.05) is 11.5 Å². The lowest BCUT2D eigenvalue weighted by molar-refractivity contribution is 1.25. The second-order valence-corrected chi connectivity index (χ2v) is 2.11. The maximum absolute atomic E-state index is 8.04. The molecule has 0 rings (SSSR count). The highest BCUT2D eigenvalue weighted by molar-refractivity contribution is 8.04. The summed E-state index contributed by atoms with van der Waals surface area (Å²) in [4.78, 5) is 0. The summed E-state index contributed by atoms with van der Waals surface area (Å²) in [6, 6.07) is 1.91. The Morgan fingerprint density at radius 2 is 2.14 bits per heavy atom. The van der Waals surface area contributed by atoms with Crippen molar-refractivity contribution in [2.24, 2.45) is 0 Å². The molecule has 0 fully saturated rings.